The van der Waals surface area contributed by atoms with E-state index in [-0.39, 0.29) is 11.9 Å². The number of rotatable bonds is 3. The number of hydrogen-bond donors (Lipinski definition) is 2. The van der Waals surface area contributed by atoms with E-state index >= 15 is 0 Å². The van der Waals surface area contributed by atoms with E-state index in [1.54, 1.807) is 17.4 Å². The van der Waals surface area contributed by atoms with Crippen LogP contribution in [0.25, 0.3) is 0 Å². The molecule has 15 heavy (non-hydrogen) atoms. The van der Waals surface area contributed by atoms with Crippen LogP contribution in [0.2, 0.25) is 0 Å². The largest absolute Gasteiger partial charge is 0.271 e. The predicted octanol–water partition coefficient (Wildman–Crippen LogP) is 1.83. The van der Waals surface area contributed by atoms with Crippen molar-refractivity contribution in [2.75, 3.05) is 0 Å². The molecule has 0 aliphatic rings. The zero-order valence-corrected chi connectivity index (χ0v) is 8.67. The van der Waals surface area contributed by atoms with E-state index in [2.05, 4.69) is 10.4 Å². The summed E-state index contributed by atoms with van der Waals surface area (Å²) >= 11 is 1.58. The number of hydrazine groups is 1. The van der Waals surface area contributed by atoms with Crippen molar-refractivity contribution in [3.05, 3.63) is 52.2 Å². The van der Waals surface area contributed by atoms with E-state index in [0.29, 0.717) is 5.69 Å². The van der Waals surface area contributed by atoms with Crippen LogP contribution in [0, 0.1) is 5.82 Å². The van der Waals surface area contributed by atoms with Crippen molar-refractivity contribution in [3.63, 3.8) is 0 Å². The third-order valence-electron chi connectivity index (χ3n) is 2.09. The van der Waals surface area contributed by atoms with E-state index in [0.717, 1.165) is 5.56 Å². The first-order valence-corrected chi connectivity index (χ1v) is 5.35. The van der Waals surface area contributed by atoms with Gasteiger partial charge in [-0.25, -0.2) is 9.82 Å². The van der Waals surface area contributed by atoms with Crippen molar-refractivity contribution < 1.29 is 4.39 Å². The molecule has 1 unspecified atom stereocenters. The Kier molecular flexibility index (Phi) is 3.05. The van der Waals surface area contributed by atoms with Crippen molar-refractivity contribution in [1.82, 2.24) is 10.4 Å². The summed E-state index contributed by atoms with van der Waals surface area (Å²) in [5.41, 5.74) is 4.40. The fourth-order valence-electron chi connectivity index (χ4n) is 1.35. The fraction of sp³-hybridized carbons (Fsp3) is 0.100. The maximum Gasteiger partial charge on any atom is 0.141 e. The van der Waals surface area contributed by atoms with Gasteiger partial charge in [-0.05, 0) is 34.5 Å². The van der Waals surface area contributed by atoms with Crippen LogP contribution in [-0.4, -0.2) is 4.98 Å². The first kappa shape index (κ1) is 10.2. The maximum atomic E-state index is 12.7. The molecule has 2 aromatic heterocycles. The van der Waals surface area contributed by atoms with E-state index in [1.165, 1.54) is 12.3 Å². The van der Waals surface area contributed by atoms with E-state index in [4.69, 9.17) is 5.84 Å². The van der Waals surface area contributed by atoms with Crippen LogP contribution >= 0.6 is 11.3 Å². The van der Waals surface area contributed by atoms with Crippen LogP contribution in [0.4, 0.5) is 4.39 Å². The minimum Gasteiger partial charge on any atom is -0.271 e. The first-order valence-electron chi connectivity index (χ1n) is 4.41. The van der Waals surface area contributed by atoms with Gasteiger partial charge < -0.3 is 0 Å². The SMILES string of the molecule is NNC(c1ccsc1)c1ccc(F)cn1. The molecule has 0 radical (unpaired) electrons. The van der Waals surface area contributed by atoms with Crippen LogP contribution in [-0.2, 0) is 0 Å². The maximum absolute atomic E-state index is 12.7. The molecule has 0 aromatic carbocycles. The number of nitrogens with one attached hydrogen (secondary N) is 1. The van der Waals surface area contributed by atoms with Crippen LogP contribution in [0.1, 0.15) is 17.3 Å². The zero-order valence-electron chi connectivity index (χ0n) is 7.85. The standard InChI is InChI=1S/C10H10FN3S/c11-8-1-2-9(13-5-8)10(14-12)7-3-4-15-6-7/h1-6,10,14H,12H2. The second-order valence-electron chi connectivity index (χ2n) is 3.06. The molecular formula is C10H10FN3S. The molecule has 2 aromatic rings. The average molecular weight is 223 g/mol. The Labute approximate surface area is 90.7 Å². The van der Waals surface area contributed by atoms with Crippen LogP contribution in [0.15, 0.2) is 35.2 Å². The van der Waals surface area contributed by atoms with Gasteiger partial charge in [0, 0.05) is 0 Å². The van der Waals surface area contributed by atoms with E-state index in [1.807, 2.05) is 16.8 Å². The van der Waals surface area contributed by atoms with Crippen molar-refractivity contribution in [1.29, 1.82) is 0 Å². The molecule has 0 aliphatic heterocycles. The molecule has 1 atom stereocenters. The van der Waals surface area contributed by atoms with Gasteiger partial charge in [0.2, 0.25) is 0 Å². The van der Waals surface area contributed by atoms with Gasteiger partial charge in [0.1, 0.15) is 5.82 Å². The Morgan fingerprint density at radius 2 is 2.27 bits per heavy atom. The van der Waals surface area contributed by atoms with Crippen molar-refractivity contribution in [3.8, 4) is 0 Å². The molecule has 5 heteroatoms. The normalized spacial score (nSPS) is 12.7. The molecule has 0 fully saturated rings. The summed E-state index contributed by atoms with van der Waals surface area (Å²) in [6.45, 7) is 0. The molecule has 0 amide bonds. The lowest BCUT2D eigenvalue weighted by Gasteiger charge is -2.13. The molecule has 0 aliphatic carbocycles. The molecule has 0 saturated heterocycles. The lowest BCUT2D eigenvalue weighted by Crippen LogP contribution is -2.29. The Hall–Kier alpha value is -1.30. The summed E-state index contributed by atoms with van der Waals surface area (Å²) in [5, 5.41) is 3.94. The topological polar surface area (TPSA) is 50.9 Å². The minimum absolute atomic E-state index is 0.183. The highest BCUT2D eigenvalue weighted by molar-refractivity contribution is 7.08. The summed E-state index contributed by atoms with van der Waals surface area (Å²) < 4.78 is 12.7. The average Bonchev–Trinajstić information content (AvgIpc) is 2.75. The van der Waals surface area contributed by atoms with Gasteiger partial charge in [-0.15, -0.1) is 0 Å². The number of pyridine rings is 1. The van der Waals surface area contributed by atoms with Gasteiger partial charge in [-0.1, -0.05) is 0 Å². The summed E-state index contributed by atoms with van der Waals surface area (Å²) in [7, 11) is 0. The second kappa shape index (κ2) is 4.48. The zero-order chi connectivity index (χ0) is 10.7. The fourth-order valence-corrected chi connectivity index (χ4v) is 2.04. The summed E-state index contributed by atoms with van der Waals surface area (Å²) in [4.78, 5) is 3.99. The van der Waals surface area contributed by atoms with Crippen molar-refractivity contribution >= 4 is 11.3 Å². The van der Waals surface area contributed by atoms with Crippen LogP contribution in [0.3, 0.4) is 0 Å². The van der Waals surface area contributed by atoms with Gasteiger partial charge >= 0.3 is 0 Å². The number of aromatic nitrogens is 1. The Balaban J connectivity index is 2.31. The molecule has 78 valence electrons. The molecule has 2 heterocycles. The van der Waals surface area contributed by atoms with Gasteiger partial charge in [-0.3, -0.25) is 10.8 Å². The highest BCUT2D eigenvalue weighted by Gasteiger charge is 2.13. The molecule has 0 spiro atoms. The third kappa shape index (κ3) is 2.20. The molecule has 0 bridgehead atoms. The second-order valence-corrected chi connectivity index (χ2v) is 3.84. The number of thiophene rings is 1. The monoisotopic (exact) mass is 223 g/mol. The lowest BCUT2D eigenvalue weighted by molar-refractivity contribution is 0.597. The minimum atomic E-state index is -0.347. The van der Waals surface area contributed by atoms with Crippen LogP contribution in [0.5, 0.6) is 0 Å². The summed E-state index contributed by atoms with van der Waals surface area (Å²) in [6, 6.07) is 4.77. The molecule has 2 rings (SSSR count). The molecular weight excluding hydrogens is 213 g/mol. The number of nitrogens with two attached hydrogens (primary N) is 1. The molecule has 3 nitrogen and oxygen atoms in total. The smallest absolute Gasteiger partial charge is 0.141 e. The van der Waals surface area contributed by atoms with Crippen molar-refractivity contribution in [2.24, 2.45) is 5.84 Å². The van der Waals surface area contributed by atoms with E-state index < -0.39 is 0 Å². The van der Waals surface area contributed by atoms with Gasteiger partial charge in [0.25, 0.3) is 0 Å². The quantitative estimate of drug-likeness (QED) is 0.616. The number of nitrogens with zero attached hydrogens (tertiary/aromatic N) is 1. The first-order chi connectivity index (χ1) is 7.31. The highest BCUT2D eigenvalue weighted by Crippen LogP contribution is 2.21. The Morgan fingerprint density at radius 1 is 1.40 bits per heavy atom. The summed E-state index contributed by atoms with van der Waals surface area (Å²) in [5.74, 6) is 5.11. The highest BCUT2D eigenvalue weighted by atomic mass is 32.1. The van der Waals surface area contributed by atoms with Crippen molar-refractivity contribution in [2.45, 2.75) is 6.04 Å². The molecule has 3 N–H and O–H groups in total. The van der Waals surface area contributed by atoms with Crippen LogP contribution < -0.4 is 11.3 Å². The Morgan fingerprint density at radius 3 is 2.80 bits per heavy atom. The van der Waals surface area contributed by atoms with E-state index in [9.17, 15) is 4.39 Å². The Bertz CT molecular complexity index is 413. The number of hydrogen-bond acceptors (Lipinski definition) is 4. The number of halogens is 1. The molecule has 0 saturated carbocycles. The summed E-state index contributed by atoms with van der Waals surface area (Å²) in [6.07, 6.45) is 1.19. The lowest BCUT2D eigenvalue weighted by atomic mass is 10.1. The predicted molar refractivity (Wildman–Crippen MR) is 57.7 cm³/mol. The van der Waals surface area contributed by atoms with Gasteiger partial charge in [0.15, 0.2) is 0 Å². The van der Waals surface area contributed by atoms with Gasteiger partial charge in [-0.2, -0.15) is 11.3 Å². The third-order valence-corrected chi connectivity index (χ3v) is 2.79. The van der Waals surface area contributed by atoms with Gasteiger partial charge in [0.05, 0.1) is 17.9 Å².